The van der Waals surface area contributed by atoms with Gasteiger partial charge in [0.25, 0.3) is 7.82 Å². The van der Waals surface area contributed by atoms with Gasteiger partial charge in [-0.25, -0.2) is 4.89 Å². The quantitative estimate of drug-likeness (QED) is 0.0478. The van der Waals surface area contributed by atoms with Crippen LogP contribution >= 0.6 is 7.82 Å². The van der Waals surface area contributed by atoms with Gasteiger partial charge >= 0.3 is 0 Å². The Labute approximate surface area is 221 Å². The molecule has 8 nitrogen and oxygen atoms in total. The fraction of sp³-hybridized carbons (Fsp3) is 1.00. The highest BCUT2D eigenvalue weighted by Crippen LogP contribution is 2.38. The molecule has 0 saturated carbocycles. The highest BCUT2D eigenvalue weighted by molar-refractivity contribution is 7.45. The molecule has 1 aliphatic rings. The molecule has 9 heteroatoms. The van der Waals surface area contributed by atoms with Crippen molar-refractivity contribution in [2.24, 2.45) is 0 Å². The third-order valence-electron chi connectivity index (χ3n) is 6.57. The molecular formula is C27H56NO7P. The Bertz CT molecular complexity index is 551. The van der Waals surface area contributed by atoms with Gasteiger partial charge < -0.3 is 23.4 Å². The lowest BCUT2D eigenvalue weighted by molar-refractivity contribution is -0.870. The van der Waals surface area contributed by atoms with Crippen LogP contribution in [0.25, 0.3) is 0 Å². The largest absolute Gasteiger partial charge is 0.754 e. The number of rotatable bonds is 24. The molecule has 1 fully saturated rings. The molecule has 1 aliphatic heterocycles. The van der Waals surface area contributed by atoms with E-state index in [4.69, 9.17) is 18.9 Å². The van der Waals surface area contributed by atoms with Gasteiger partial charge in [0, 0.05) is 0 Å². The lowest BCUT2D eigenvalue weighted by atomic mass is 10.0. The third-order valence-corrected chi connectivity index (χ3v) is 7.36. The van der Waals surface area contributed by atoms with Crippen LogP contribution in [0, 0.1) is 0 Å². The maximum atomic E-state index is 11.7. The topological polar surface area (TPSA) is 86.3 Å². The number of phosphoric ester groups is 1. The van der Waals surface area contributed by atoms with Crippen molar-refractivity contribution in [1.29, 1.82) is 0 Å². The Morgan fingerprint density at radius 3 is 1.72 bits per heavy atom. The van der Waals surface area contributed by atoms with Crippen molar-refractivity contribution in [3.05, 3.63) is 0 Å². The van der Waals surface area contributed by atoms with Crippen LogP contribution in [0.1, 0.15) is 110 Å². The van der Waals surface area contributed by atoms with Crippen LogP contribution in [-0.4, -0.2) is 70.8 Å². The number of hydrogen-bond acceptors (Lipinski definition) is 7. The standard InChI is InChI=1S/C27H56NO7P/c1-5-6-7-8-9-10-11-12-13-14-15-16-17-18-19-20-26-23-32-27(24-31-26)25-33-35-36(29,30)34-22-21-28(2,3)4/h26-27H,5-25H2,1-4H3/t26-,27-/m1/s1. The van der Waals surface area contributed by atoms with Crippen LogP contribution < -0.4 is 4.89 Å². The predicted molar refractivity (Wildman–Crippen MR) is 143 cm³/mol. The molecule has 36 heavy (non-hydrogen) atoms. The van der Waals surface area contributed by atoms with E-state index in [1.807, 2.05) is 21.1 Å². The number of nitrogens with zero attached hydrogens (tertiary/aromatic N) is 1. The first-order valence-electron chi connectivity index (χ1n) is 14.5. The van der Waals surface area contributed by atoms with Crippen molar-refractivity contribution in [2.75, 3.05) is 54.1 Å². The molecule has 1 saturated heterocycles. The van der Waals surface area contributed by atoms with E-state index in [0.29, 0.717) is 24.2 Å². The van der Waals surface area contributed by atoms with Crippen LogP contribution in [0.2, 0.25) is 0 Å². The van der Waals surface area contributed by atoms with Gasteiger partial charge in [0.2, 0.25) is 0 Å². The minimum atomic E-state index is -4.48. The Kier molecular flexibility index (Phi) is 19.7. The lowest BCUT2D eigenvalue weighted by Gasteiger charge is -2.30. The maximum absolute atomic E-state index is 11.7. The maximum Gasteiger partial charge on any atom is 0.298 e. The molecule has 0 radical (unpaired) electrons. The van der Waals surface area contributed by atoms with E-state index in [1.54, 1.807) is 0 Å². The zero-order valence-electron chi connectivity index (χ0n) is 23.8. The van der Waals surface area contributed by atoms with Gasteiger partial charge in [-0.05, 0) is 6.42 Å². The van der Waals surface area contributed by atoms with Crippen molar-refractivity contribution in [3.8, 4) is 0 Å². The van der Waals surface area contributed by atoms with Crippen LogP contribution in [0.5, 0.6) is 0 Å². The van der Waals surface area contributed by atoms with E-state index < -0.39 is 7.82 Å². The van der Waals surface area contributed by atoms with Crippen molar-refractivity contribution in [2.45, 2.75) is 122 Å². The average molecular weight is 538 g/mol. The summed E-state index contributed by atoms with van der Waals surface area (Å²) in [6, 6.07) is 0. The molecule has 1 rings (SSSR count). The van der Waals surface area contributed by atoms with Crippen molar-refractivity contribution >= 4 is 7.82 Å². The van der Waals surface area contributed by atoms with Gasteiger partial charge in [0.15, 0.2) is 0 Å². The van der Waals surface area contributed by atoms with Gasteiger partial charge in [-0.3, -0.25) is 4.57 Å². The Morgan fingerprint density at radius 1 is 0.778 bits per heavy atom. The lowest BCUT2D eigenvalue weighted by Crippen LogP contribution is -2.38. The molecule has 216 valence electrons. The van der Waals surface area contributed by atoms with Gasteiger partial charge in [-0.2, -0.15) is 4.67 Å². The monoisotopic (exact) mass is 537 g/mol. The predicted octanol–water partition coefficient (Wildman–Crippen LogP) is 6.17. The highest BCUT2D eigenvalue weighted by Gasteiger charge is 2.23. The van der Waals surface area contributed by atoms with Crippen molar-refractivity contribution < 1.29 is 37.5 Å². The second-order valence-corrected chi connectivity index (χ2v) is 12.6. The SMILES string of the molecule is CCCCCCCCCCCCCCCCC[C@@H]1CO[C@@H](COOP(=O)([O-])OCC[N+](C)(C)C)CO1. The summed E-state index contributed by atoms with van der Waals surface area (Å²) in [5.41, 5.74) is 0. The fourth-order valence-corrected chi connectivity index (χ4v) is 4.75. The molecule has 0 aromatic rings. The van der Waals surface area contributed by atoms with E-state index in [9.17, 15) is 9.46 Å². The molecule has 0 aromatic heterocycles. The molecule has 3 atom stereocenters. The summed E-state index contributed by atoms with van der Waals surface area (Å²) >= 11 is 0. The van der Waals surface area contributed by atoms with E-state index >= 15 is 0 Å². The number of likely N-dealkylation sites (N-methyl/N-ethyl adjacent to an activating group) is 1. The summed E-state index contributed by atoms with van der Waals surface area (Å²) in [5, 5.41) is 0. The zero-order chi connectivity index (χ0) is 26.5. The highest BCUT2D eigenvalue weighted by atomic mass is 31.2. The minimum Gasteiger partial charge on any atom is -0.754 e. The Balaban J connectivity index is 1.88. The van der Waals surface area contributed by atoms with Crippen LogP contribution in [0.3, 0.4) is 0 Å². The van der Waals surface area contributed by atoms with Crippen LogP contribution in [0.4, 0.5) is 0 Å². The minimum absolute atomic E-state index is 0.0173. The van der Waals surface area contributed by atoms with Crippen LogP contribution in [-0.2, 0) is 28.1 Å². The van der Waals surface area contributed by atoms with Crippen molar-refractivity contribution in [1.82, 2.24) is 0 Å². The molecule has 0 spiro atoms. The number of phosphoric acid groups is 1. The summed E-state index contributed by atoms with van der Waals surface area (Å²) in [6.07, 6.45) is 21.2. The molecule has 0 bridgehead atoms. The molecule has 0 aliphatic carbocycles. The summed E-state index contributed by atoms with van der Waals surface area (Å²) in [7, 11) is 1.37. The molecular weight excluding hydrogens is 481 g/mol. The molecule has 1 heterocycles. The van der Waals surface area contributed by atoms with Gasteiger partial charge in [0.1, 0.15) is 25.9 Å². The summed E-state index contributed by atoms with van der Waals surface area (Å²) in [4.78, 5) is 16.5. The number of unbranched alkanes of at least 4 members (excludes halogenated alkanes) is 14. The number of ether oxygens (including phenoxy) is 2. The molecule has 0 aromatic carbocycles. The fourth-order valence-electron chi connectivity index (χ4n) is 4.21. The smallest absolute Gasteiger partial charge is 0.298 e. The van der Waals surface area contributed by atoms with E-state index in [-0.39, 0.29) is 25.4 Å². The van der Waals surface area contributed by atoms with Crippen LogP contribution in [0.15, 0.2) is 0 Å². The van der Waals surface area contributed by atoms with Gasteiger partial charge in [-0.15, -0.1) is 0 Å². The third kappa shape index (κ3) is 20.9. The molecule has 1 unspecified atom stereocenters. The second-order valence-electron chi connectivity index (χ2n) is 11.3. The van der Waals surface area contributed by atoms with Crippen molar-refractivity contribution in [3.63, 3.8) is 0 Å². The first-order valence-corrected chi connectivity index (χ1v) is 16.0. The molecule has 0 N–H and O–H groups in total. The van der Waals surface area contributed by atoms with E-state index in [2.05, 4.69) is 11.6 Å². The molecule has 0 amide bonds. The zero-order valence-corrected chi connectivity index (χ0v) is 24.7. The van der Waals surface area contributed by atoms with Gasteiger partial charge in [0.05, 0.1) is 40.5 Å². The normalized spacial score (nSPS) is 20.5. The second kappa shape index (κ2) is 20.9. The first-order chi connectivity index (χ1) is 17.2. The Morgan fingerprint density at radius 2 is 1.25 bits per heavy atom. The number of hydrogen-bond donors (Lipinski definition) is 0. The first kappa shape index (κ1) is 34.0. The van der Waals surface area contributed by atoms with Gasteiger partial charge in [-0.1, -0.05) is 103 Å². The summed E-state index contributed by atoms with van der Waals surface area (Å²) in [5.74, 6) is 0. The average Bonchev–Trinajstić information content (AvgIpc) is 2.81. The van der Waals surface area contributed by atoms with E-state index in [0.717, 1.165) is 12.8 Å². The number of quaternary nitrogens is 1. The van der Waals surface area contributed by atoms with E-state index in [1.165, 1.54) is 89.9 Å². The Hall–Kier alpha value is -0.0500. The summed E-state index contributed by atoms with van der Waals surface area (Å²) < 4.78 is 33.2. The summed E-state index contributed by atoms with van der Waals surface area (Å²) in [6.45, 7) is 3.71.